The number of fused-ring (bicyclic) bond motifs is 3. The van der Waals surface area contributed by atoms with Gasteiger partial charge in [0.05, 0.1) is 12.6 Å². The zero-order chi connectivity index (χ0) is 23.7. The van der Waals surface area contributed by atoms with Crippen molar-refractivity contribution in [1.82, 2.24) is 9.88 Å². The number of aromatic nitrogens is 1. The highest BCUT2D eigenvalue weighted by molar-refractivity contribution is 5.86. The molecule has 2 fully saturated rings. The number of nitrogens with zero attached hydrogens (tertiary/aromatic N) is 1. The molecule has 2 aliphatic carbocycles. The highest BCUT2D eigenvalue weighted by Crippen LogP contribution is 2.59. The standard InChI is InChI=1S/C27H28F2N2O3/c1-26(8-6-22(32)33)13-19(28)23(20(29)14-26)25-24-18(17-4-2-3-5-21(17)30-24)12-27(9-10-27)31(25)16-7-11-34-15-16/h2-6,8,13,16,25,30H,7,9-12,14-15H2,1H3,(H,32,33)/b8-6+. The zero-order valence-electron chi connectivity index (χ0n) is 19.1. The zero-order valence-corrected chi connectivity index (χ0v) is 19.1. The molecule has 0 bridgehead atoms. The molecule has 1 saturated carbocycles. The van der Waals surface area contributed by atoms with Crippen LogP contribution in [-0.4, -0.2) is 45.8 Å². The first kappa shape index (κ1) is 21.7. The van der Waals surface area contributed by atoms with E-state index >= 15 is 8.78 Å². The molecule has 1 aromatic heterocycles. The number of halogens is 2. The second-order valence-electron chi connectivity index (χ2n) is 10.5. The number of carboxylic acids is 1. The quantitative estimate of drug-likeness (QED) is 0.583. The molecule has 2 aromatic rings. The number of aliphatic carboxylic acids is 1. The first-order valence-electron chi connectivity index (χ1n) is 12.0. The third kappa shape index (κ3) is 3.36. The van der Waals surface area contributed by atoms with Gasteiger partial charge in [0, 0.05) is 58.3 Å². The smallest absolute Gasteiger partial charge is 0.328 e. The van der Waals surface area contributed by atoms with Gasteiger partial charge in [-0.1, -0.05) is 31.2 Å². The maximum atomic E-state index is 15.9. The number of hydrogen-bond donors (Lipinski definition) is 2. The maximum Gasteiger partial charge on any atom is 0.328 e. The van der Waals surface area contributed by atoms with Crippen LogP contribution in [0, 0.1) is 5.41 Å². The molecule has 4 aliphatic rings. The molecule has 0 amide bonds. The number of aromatic amines is 1. The number of benzene rings is 1. The Hall–Kier alpha value is -2.77. The minimum atomic E-state index is -1.14. The molecule has 1 aromatic carbocycles. The molecule has 178 valence electrons. The first-order chi connectivity index (χ1) is 16.3. The van der Waals surface area contributed by atoms with Gasteiger partial charge in [0.1, 0.15) is 11.7 Å². The lowest BCUT2D eigenvalue weighted by atomic mass is 9.76. The van der Waals surface area contributed by atoms with Crippen LogP contribution in [-0.2, 0) is 16.0 Å². The van der Waals surface area contributed by atoms with Crippen molar-refractivity contribution in [1.29, 1.82) is 0 Å². The molecule has 6 rings (SSSR count). The van der Waals surface area contributed by atoms with Gasteiger partial charge in [-0.25, -0.2) is 13.6 Å². The van der Waals surface area contributed by atoms with Gasteiger partial charge < -0.3 is 14.8 Å². The summed E-state index contributed by atoms with van der Waals surface area (Å²) < 4.78 is 37.5. The third-order valence-corrected chi connectivity index (χ3v) is 8.00. The van der Waals surface area contributed by atoms with Gasteiger partial charge in [-0.05, 0) is 43.4 Å². The van der Waals surface area contributed by atoms with E-state index in [4.69, 9.17) is 9.84 Å². The fourth-order valence-electron chi connectivity index (χ4n) is 6.31. The van der Waals surface area contributed by atoms with Gasteiger partial charge in [-0.3, -0.25) is 4.90 Å². The summed E-state index contributed by atoms with van der Waals surface area (Å²) in [6.45, 7) is 2.87. The van der Waals surface area contributed by atoms with Crippen molar-refractivity contribution >= 4 is 16.9 Å². The summed E-state index contributed by atoms with van der Waals surface area (Å²) in [5.74, 6) is -2.27. The van der Waals surface area contributed by atoms with Crippen LogP contribution in [0.5, 0.6) is 0 Å². The summed E-state index contributed by atoms with van der Waals surface area (Å²) in [5, 5.41) is 10.1. The molecule has 5 nitrogen and oxygen atoms in total. The van der Waals surface area contributed by atoms with E-state index in [0.29, 0.717) is 13.2 Å². The van der Waals surface area contributed by atoms with Gasteiger partial charge in [-0.2, -0.15) is 0 Å². The van der Waals surface area contributed by atoms with Crippen LogP contribution in [0.15, 0.2) is 59.7 Å². The number of hydrogen-bond acceptors (Lipinski definition) is 3. The molecular formula is C27H28F2N2O3. The first-order valence-corrected chi connectivity index (χ1v) is 12.0. The van der Waals surface area contributed by atoms with Crippen LogP contribution >= 0.6 is 0 Å². The summed E-state index contributed by atoms with van der Waals surface area (Å²) in [7, 11) is 0. The molecule has 3 heterocycles. The van der Waals surface area contributed by atoms with E-state index in [2.05, 4.69) is 16.0 Å². The van der Waals surface area contributed by atoms with E-state index < -0.39 is 29.1 Å². The van der Waals surface area contributed by atoms with Crippen LogP contribution in [0.4, 0.5) is 8.78 Å². The predicted octanol–water partition coefficient (Wildman–Crippen LogP) is 5.52. The number of ether oxygens (including phenoxy) is 1. The van der Waals surface area contributed by atoms with Crippen molar-refractivity contribution in [2.24, 2.45) is 5.41 Å². The number of para-hydroxylation sites is 1. The number of rotatable bonds is 4. The Labute approximate surface area is 196 Å². The Bertz CT molecular complexity index is 1270. The lowest BCUT2D eigenvalue weighted by Gasteiger charge is -2.47. The van der Waals surface area contributed by atoms with Gasteiger partial charge in [0.25, 0.3) is 0 Å². The van der Waals surface area contributed by atoms with E-state index in [0.717, 1.165) is 53.9 Å². The van der Waals surface area contributed by atoms with Crippen molar-refractivity contribution in [2.75, 3.05) is 13.2 Å². The summed E-state index contributed by atoms with van der Waals surface area (Å²) in [5.41, 5.74) is 1.93. The van der Waals surface area contributed by atoms with E-state index in [1.165, 1.54) is 12.2 Å². The van der Waals surface area contributed by atoms with Crippen LogP contribution in [0.3, 0.4) is 0 Å². The molecule has 3 atom stereocenters. The van der Waals surface area contributed by atoms with Crippen molar-refractivity contribution in [3.8, 4) is 0 Å². The van der Waals surface area contributed by atoms with Gasteiger partial charge in [0.2, 0.25) is 0 Å². The van der Waals surface area contributed by atoms with Crippen molar-refractivity contribution in [3.05, 3.63) is 71.0 Å². The maximum absolute atomic E-state index is 15.9. The fraction of sp³-hybridized carbons (Fsp3) is 0.444. The largest absolute Gasteiger partial charge is 0.478 e. The SMILES string of the molecule is CC1(/C=C/C(=O)O)C=C(F)C(C2c3[nH]c4ccccc4c3CC3(CC3)N2C2CCOC2)=C(F)C1. The van der Waals surface area contributed by atoms with Crippen molar-refractivity contribution in [2.45, 2.75) is 56.7 Å². The Morgan fingerprint density at radius 1 is 1.26 bits per heavy atom. The topological polar surface area (TPSA) is 65.6 Å². The Balaban J connectivity index is 1.52. The average Bonchev–Trinajstić information content (AvgIpc) is 3.18. The van der Waals surface area contributed by atoms with Crippen molar-refractivity contribution in [3.63, 3.8) is 0 Å². The second-order valence-corrected chi connectivity index (χ2v) is 10.5. The molecule has 2 aliphatic heterocycles. The highest BCUT2D eigenvalue weighted by Gasteiger charge is 2.58. The van der Waals surface area contributed by atoms with Crippen LogP contribution in [0.1, 0.15) is 49.9 Å². The lowest BCUT2D eigenvalue weighted by molar-refractivity contribution is -0.131. The van der Waals surface area contributed by atoms with E-state index in [-0.39, 0.29) is 23.6 Å². The molecule has 3 unspecified atom stereocenters. The summed E-state index contributed by atoms with van der Waals surface area (Å²) >= 11 is 0. The molecule has 2 N–H and O–H groups in total. The van der Waals surface area contributed by atoms with Crippen LogP contribution in [0.2, 0.25) is 0 Å². The molecule has 7 heteroatoms. The second kappa shape index (κ2) is 7.62. The summed E-state index contributed by atoms with van der Waals surface area (Å²) in [4.78, 5) is 16.9. The normalized spacial score (nSPS) is 30.9. The summed E-state index contributed by atoms with van der Waals surface area (Å²) in [6, 6.07) is 7.59. The molecule has 34 heavy (non-hydrogen) atoms. The number of allylic oxidation sites excluding steroid dienone is 3. The van der Waals surface area contributed by atoms with Crippen LogP contribution < -0.4 is 0 Å². The van der Waals surface area contributed by atoms with E-state index in [1.807, 2.05) is 18.2 Å². The monoisotopic (exact) mass is 466 g/mol. The van der Waals surface area contributed by atoms with Gasteiger partial charge >= 0.3 is 5.97 Å². The molecule has 1 saturated heterocycles. The number of carboxylic acid groups (broad SMARTS) is 1. The minimum Gasteiger partial charge on any atom is -0.478 e. The lowest BCUT2D eigenvalue weighted by Crippen LogP contribution is -2.52. The number of carbonyl (C=O) groups is 1. The molecular weight excluding hydrogens is 438 g/mol. The Kier molecular flexibility index (Phi) is 4.87. The predicted molar refractivity (Wildman–Crippen MR) is 125 cm³/mol. The fourth-order valence-corrected chi connectivity index (χ4v) is 6.31. The Morgan fingerprint density at radius 2 is 2.06 bits per heavy atom. The Morgan fingerprint density at radius 3 is 2.74 bits per heavy atom. The van der Waals surface area contributed by atoms with Gasteiger partial charge in [-0.15, -0.1) is 0 Å². The average molecular weight is 467 g/mol. The minimum absolute atomic E-state index is 0.0758. The highest BCUT2D eigenvalue weighted by atomic mass is 19.1. The number of H-pyrrole nitrogens is 1. The molecule has 0 radical (unpaired) electrons. The van der Waals surface area contributed by atoms with Crippen molar-refractivity contribution < 1.29 is 23.4 Å². The third-order valence-electron chi connectivity index (χ3n) is 8.00. The van der Waals surface area contributed by atoms with E-state index in [1.54, 1.807) is 6.92 Å². The van der Waals surface area contributed by atoms with Gasteiger partial charge in [0.15, 0.2) is 0 Å². The number of nitrogens with one attached hydrogen (secondary N) is 1. The van der Waals surface area contributed by atoms with Crippen LogP contribution in [0.25, 0.3) is 10.9 Å². The van der Waals surface area contributed by atoms with E-state index in [9.17, 15) is 4.79 Å². The summed E-state index contributed by atoms with van der Waals surface area (Å²) in [6.07, 6.45) is 7.33. The molecule has 1 spiro atoms.